The van der Waals surface area contributed by atoms with Crippen molar-refractivity contribution in [3.63, 3.8) is 0 Å². The molecule has 0 amide bonds. The van der Waals surface area contributed by atoms with Crippen molar-refractivity contribution in [3.05, 3.63) is 101 Å². The molecular weight excluding hydrogens is 450 g/mol. The summed E-state index contributed by atoms with van der Waals surface area (Å²) in [6.45, 7) is 3.23. The van der Waals surface area contributed by atoms with Crippen LogP contribution in [0.4, 0.5) is 14.5 Å². The van der Waals surface area contributed by atoms with Gasteiger partial charge in [-0.3, -0.25) is 4.90 Å². The maximum atomic E-state index is 15.0. The molecule has 0 aliphatic carbocycles. The topological polar surface area (TPSA) is 59.3 Å². The van der Waals surface area contributed by atoms with Gasteiger partial charge in [-0.15, -0.1) is 5.10 Å². The standard InChI is InChI=1S/C26H26F2N6O/c1-35-22-12-6-19(7-13-22)18-34-26(29-30-31-34)25(23-4-2-3-5-24(23)28)33-16-14-32(15-17-33)21-10-8-20(27)9-11-21/h2-13,25H,14-18H2,1H3/t25-/m1/s1. The molecular formula is C26H26F2N6O. The lowest BCUT2D eigenvalue weighted by atomic mass is 10.0. The first-order chi connectivity index (χ1) is 17.1. The van der Waals surface area contributed by atoms with Crippen LogP contribution >= 0.6 is 0 Å². The number of piperazine rings is 1. The van der Waals surface area contributed by atoms with Gasteiger partial charge in [0.2, 0.25) is 0 Å². The first kappa shape index (κ1) is 22.9. The normalized spacial score (nSPS) is 15.2. The van der Waals surface area contributed by atoms with Crippen LogP contribution in [0.1, 0.15) is 23.0 Å². The molecule has 3 aromatic carbocycles. The summed E-state index contributed by atoms with van der Waals surface area (Å²) in [4.78, 5) is 4.41. The molecule has 0 spiro atoms. The molecule has 0 unspecified atom stereocenters. The molecule has 4 aromatic rings. The van der Waals surface area contributed by atoms with Gasteiger partial charge in [0, 0.05) is 37.4 Å². The van der Waals surface area contributed by atoms with Gasteiger partial charge in [-0.05, 0) is 58.5 Å². The lowest BCUT2D eigenvalue weighted by molar-refractivity contribution is 0.198. The van der Waals surface area contributed by atoms with Crippen LogP contribution < -0.4 is 9.64 Å². The molecule has 180 valence electrons. The average molecular weight is 477 g/mol. The first-order valence-electron chi connectivity index (χ1n) is 11.5. The second-order valence-electron chi connectivity index (χ2n) is 8.47. The van der Waals surface area contributed by atoms with Crippen molar-refractivity contribution in [3.8, 4) is 5.75 Å². The SMILES string of the molecule is COc1ccc(Cn2nnnc2[C@@H](c2ccccc2F)N2CCN(c3ccc(F)cc3)CC2)cc1. The fourth-order valence-corrected chi connectivity index (χ4v) is 4.51. The zero-order chi connectivity index (χ0) is 24.2. The van der Waals surface area contributed by atoms with E-state index in [9.17, 15) is 4.39 Å². The Morgan fingerprint density at radius 3 is 2.29 bits per heavy atom. The van der Waals surface area contributed by atoms with Gasteiger partial charge in [-0.2, -0.15) is 0 Å². The first-order valence-corrected chi connectivity index (χ1v) is 11.5. The Balaban J connectivity index is 1.42. The number of nitrogens with zero attached hydrogens (tertiary/aromatic N) is 6. The van der Waals surface area contributed by atoms with Crippen molar-refractivity contribution in [2.45, 2.75) is 12.6 Å². The van der Waals surface area contributed by atoms with Crippen LogP contribution in [-0.4, -0.2) is 58.4 Å². The second-order valence-corrected chi connectivity index (χ2v) is 8.47. The van der Waals surface area contributed by atoms with E-state index < -0.39 is 6.04 Å². The predicted octanol–water partition coefficient (Wildman–Crippen LogP) is 3.92. The number of tetrazole rings is 1. The van der Waals surface area contributed by atoms with Crippen LogP contribution in [0.2, 0.25) is 0 Å². The number of hydrogen-bond acceptors (Lipinski definition) is 6. The van der Waals surface area contributed by atoms with E-state index in [4.69, 9.17) is 4.74 Å². The van der Waals surface area contributed by atoms with E-state index in [0.29, 0.717) is 31.0 Å². The van der Waals surface area contributed by atoms with Gasteiger partial charge in [0.1, 0.15) is 23.4 Å². The maximum Gasteiger partial charge on any atom is 0.173 e. The number of halogens is 2. The quantitative estimate of drug-likeness (QED) is 0.403. The Morgan fingerprint density at radius 2 is 1.60 bits per heavy atom. The molecule has 35 heavy (non-hydrogen) atoms. The third-order valence-corrected chi connectivity index (χ3v) is 6.37. The molecule has 0 saturated carbocycles. The smallest absolute Gasteiger partial charge is 0.173 e. The van der Waals surface area contributed by atoms with Crippen molar-refractivity contribution in [2.75, 3.05) is 38.2 Å². The van der Waals surface area contributed by atoms with E-state index in [0.717, 1.165) is 30.1 Å². The van der Waals surface area contributed by atoms with Gasteiger partial charge in [-0.1, -0.05) is 30.3 Å². The number of aromatic nitrogens is 4. The molecule has 2 heterocycles. The molecule has 5 rings (SSSR count). The third-order valence-electron chi connectivity index (χ3n) is 6.37. The van der Waals surface area contributed by atoms with Crippen LogP contribution in [0, 0.1) is 11.6 Å². The fraction of sp³-hybridized carbons (Fsp3) is 0.269. The van der Waals surface area contributed by atoms with Crippen LogP contribution in [-0.2, 0) is 6.54 Å². The number of hydrogen-bond donors (Lipinski definition) is 0. The Morgan fingerprint density at radius 1 is 0.886 bits per heavy atom. The highest BCUT2D eigenvalue weighted by atomic mass is 19.1. The molecule has 1 atom stereocenters. The van der Waals surface area contributed by atoms with E-state index >= 15 is 4.39 Å². The van der Waals surface area contributed by atoms with Crippen LogP contribution in [0.25, 0.3) is 0 Å². The molecule has 7 nitrogen and oxygen atoms in total. The van der Waals surface area contributed by atoms with E-state index in [1.54, 1.807) is 36.1 Å². The van der Waals surface area contributed by atoms with Gasteiger partial charge < -0.3 is 9.64 Å². The molecule has 1 aliphatic rings. The maximum absolute atomic E-state index is 15.0. The summed E-state index contributed by atoms with van der Waals surface area (Å²) in [5.74, 6) is 0.809. The molecule has 1 aromatic heterocycles. The van der Waals surface area contributed by atoms with Crippen LogP contribution in [0.15, 0.2) is 72.8 Å². The van der Waals surface area contributed by atoms with Crippen molar-refractivity contribution in [1.82, 2.24) is 25.1 Å². The van der Waals surface area contributed by atoms with Crippen molar-refractivity contribution in [1.29, 1.82) is 0 Å². The molecule has 0 radical (unpaired) electrons. The summed E-state index contributed by atoms with van der Waals surface area (Å²) in [7, 11) is 1.63. The van der Waals surface area contributed by atoms with Crippen molar-refractivity contribution < 1.29 is 13.5 Å². The lowest BCUT2D eigenvalue weighted by Gasteiger charge is -2.40. The number of methoxy groups -OCH3 is 1. The number of anilines is 1. The van der Waals surface area contributed by atoms with Gasteiger partial charge in [0.05, 0.1) is 13.7 Å². The average Bonchev–Trinajstić information content (AvgIpc) is 3.34. The predicted molar refractivity (Wildman–Crippen MR) is 128 cm³/mol. The van der Waals surface area contributed by atoms with E-state index in [-0.39, 0.29) is 11.6 Å². The van der Waals surface area contributed by atoms with E-state index in [1.807, 2.05) is 30.3 Å². The summed E-state index contributed by atoms with van der Waals surface area (Å²) < 4.78 is 35.4. The molecule has 1 fully saturated rings. The summed E-state index contributed by atoms with van der Waals surface area (Å²) in [6.07, 6.45) is 0. The highest BCUT2D eigenvalue weighted by Crippen LogP contribution is 2.31. The zero-order valence-corrected chi connectivity index (χ0v) is 19.4. The molecule has 0 N–H and O–H groups in total. The summed E-state index contributed by atoms with van der Waals surface area (Å²) in [5, 5.41) is 12.5. The minimum atomic E-state index is -0.445. The number of ether oxygens (including phenoxy) is 1. The highest BCUT2D eigenvalue weighted by Gasteiger charge is 2.32. The second kappa shape index (κ2) is 10.2. The fourth-order valence-electron chi connectivity index (χ4n) is 4.51. The van der Waals surface area contributed by atoms with Gasteiger partial charge in [-0.25, -0.2) is 13.5 Å². The highest BCUT2D eigenvalue weighted by molar-refractivity contribution is 5.46. The van der Waals surface area contributed by atoms with Gasteiger partial charge in [0.15, 0.2) is 5.82 Å². The largest absolute Gasteiger partial charge is 0.497 e. The zero-order valence-electron chi connectivity index (χ0n) is 19.4. The molecule has 1 aliphatic heterocycles. The summed E-state index contributed by atoms with van der Waals surface area (Å²) in [6, 6.07) is 20.5. The van der Waals surface area contributed by atoms with Crippen molar-refractivity contribution >= 4 is 5.69 Å². The summed E-state index contributed by atoms with van der Waals surface area (Å²) in [5.41, 5.74) is 2.51. The van der Waals surface area contributed by atoms with Gasteiger partial charge >= 0.3 is 0 Å². The van der Waals surface area contributed by atoms with Gasteiger partial charge in [0.25, 0.3) is 0 Å². The Kier molecular flexibility index (Phi) is 6.67. The van der Waals surface area contributed by atoms with Crippen LogP contribution in [0.5, 0.6) is 5.75 Å². The number of benzene rings is 3. The number of rotatable bonds is 7. The lowest BCUT2D eigenvalue weighted by Crippen LogP contribution is -2.48. The Bertz CT molecular complexity index is 1250. The minimum Gasteiger partial charge on any atom is -0.497 e. The molecule has 0 bridgehead atoms. The molecule has 9 heteroatoms. The Hall–Kier alpha value is -3.85. The minimum absolute atomic E-state index is 0.254. The molecule has 1 saturated heterocycles. The monoisotopic (exact) mass is 476 g/mol. The Labute approximate surface area is 202 Å². The van der Waals surface area contributed by atoms with E-state index in [2.05, 4.69) is 25.3 Å². The van der Waals surface area contributed by atoms with Crippen molar-refractivity contribution in [2.24, 2.45) is 0 Å². The third kappa shape index (κ3) is 5.00. The summed E-state index contributed by atoms with van der Waals surface area (Å²) >= 11 is 0. The van der Waals surface area contributed by atoms with E-state index in [1.165, 1.54) is 18.2 Å². The van der Waals surface area contributed by atoms with Crippen LogP contribution in [0.3, 0.4) is 0 Å².